The molecule has 19 heavy (non-hydrogen) atoms. The van der Waals surface area contributed by atoms with Gasteiger partial charge in [-0.25, -0.2) is 0 Å². The van der Waals surface area contributed by atoms with Crippen molar-refractivity contribution in [1.82, 2.24) is 0 Å². The zero-order chi connectivity index (χ0) is 12.8. The number of anilines is 1. The lowest BCUT2D eigenvalue weighted by molar-refractivity contribution is 0.482. The van der Waals surface area contributed by atoms with Gasteiger partial charge in [-0.1, -0.05) is 35.6 Å². The van der Waals surface area contributed by atoms with Crippen LogP contribution in [0, 0.1) is 0 Å². The predicted octanol–water partition coefficient (Wildman–Crippen LogP) is 4.32. The van der Waals surface area contributed by atoms with Crippen LogP contribution in [-0.2, 0) is 6.54 Å². The first-order valence-corrected chi connectivity index (χ1v) is 6.89. The van der Waals surface area contributed by atoms with Crippen molar-refractivity contribution >= 4 is 27.1 Å². The van der Waals surface area contributed by atoms with Crippen molar-refractivity contribution in [3.8, 4) is 16.6 Å². The number of fused-ring (bicyclic) bond motifs is 4. The van der Waals surface area contributed by atoms with Gasteiger partial charge in [-0.2, -0.15) is 0 Å². The number of benzene rings is 2. The smallest absolute Gasteiger partial charge is 0.187 e. The van der Waals surface area contributed by atoms with Crippen molar-refractivity contribution in [2.24, 2.45) is 0 Å². The van der Waals surface area contributed by atoms with E-state index >= 15 is 0 Å². The first kappa shape index (κ1) is 10.7. The number of ether oxygens (including phenoxy) is 1. The van der Waals surface area contributed by atoms with E-state index < -0.39 is 0 Å². The van der Waals surface area contributed by atoms with Gasteiger partial charge in [0.2, 0.25) is 0 Å². The molecule has 1 aliphatic heterocycles. The van der Waals surface area contributed by atoms with Gasteiger partial charge < -0.3 is 15.2 Å². The number of phenols is 1. The molecule has 0 amide bonds. The summed E-state index contributed by atoms with van der Waals surface area (Å²) >= 11 is 1.49. The molecule has 3 nitrogen and oxygen atoms in total. The van der Waals surface area contributed by atoms with Gasteiger partial charge in [-0.15, -0.1) is 0 Å². The van der Waals surface area contributed by atoms with E-state index in [1.807, 2.05) is 36.4 Å². The summed E-state index contributed by atoms with van der Waals surface area (Å²) in [6, 6.07) is 13.5. The summed E-state index contributed by atoms with van der Waals surface area (Å²) in [5, 5.41) is 15.2. The van der Waals surface area contributed by atoms with Crippen LogP contribution < -0.4 is 10.1 Å². The number of thiophene rings is 1. The van der Waals surface area contributed by atoms with Gasteiger partial charge in [0.15, 0.2) is 10.8 Å². The normalized spacial score (nSPS) is 13.1. The summed E-state index contributed by atoms with van der Waals surface area (Å²) in [7, 11) is 0. The topological polar surface area (TPSA) is 41.5 Å². The molecular weight excluding hydrogens is 258 g/mol. The number of hydrogen-bond acceptors (Lipinski definition) is 4. The molecule has 2 aromatic carbocycles. The van der Waals surface area contributed by atoms with Crippen molar-refractivity contribution in [3.05, 3.63) is 48.0 Å². The van der Waals surface area contributed by atoms with Crippen molar-refractivity contribution in [2.45, 2.75) is 6.54 Å². The Balaban J connectivity index is 1.94. The maximum absolute atomic E-state index is 9.92. The van der Waals surface area contributed by atoms with E-state index in [9.17, 15) is 5.11 Å². The number of nitrogens with one attached hydrogen (secondary N) is 1. The van der Waals surface area contributed by atoms with Gasteiger partial charge in [0.05, 0.1) is 10.4 Å². The van der Waals surface area contributed by atoms with Crippen LogP contribution in [0.25, 0.3) is 10.1 Å². The molecule has 3 aromatic rings. The molecule has 0 spiro atoms. The molecule has 94 valence electrons. The molecule has 1 aromatic heterocycles. The van der Waals surface area contributed by atoms with Gasteiger partial charge >= 0.3 is 0 Å². The van der Waals surface area contributed by atoms with Gasteiger partial charge in [-0.05, 0) is 18.2 Å². The molecular formula is C15H11NO2S. The van der Waals surface area contributed by atoms with E-state index in [0.29, 0.717) is 12.3 Å². The third-order valence-corrected chi connectivity index (χ3v) is 4.45. The number of rotatable bonds is 0. The summed E-state index contributed by atoms with van der Waals surface area (Å²) in [6.07, 6.45) is 0. The third-order valence-electron chi connectivity index (χ3n) is 3.31. The maximum atomic E-state index is 9.92. The Labute approximate surface area is 114 Å². The molecule has 0 aliphatic carbocycles. The van der Waals surface area contributed by atoms with Gasteiger partial charge in [-0.3, -0.25) is 0 Å². The fourth-order valence-corrected chi connectivity index (χ4v) is 3.46. The number of hydrogen-bond donors (Lipinski definition) is 2. The summed E-state index contributed by atoms with van der Waals surface area (Å²) < 4.78 is 6.87. The van der Waals surface area contributed by atoms with Crippen molar-refractivity contribution < 1.29 is 9.84 Å². The average molecular weight is 269 g/mol. The minimum Gasteiger partial charge on any atom is -0.506 e. The van der Waals surface area contributed by atoms with E-state index in [1.165, 1.54) is 11.3 Å². The molecule has 0 bridgehead atoms. The Hall–Kier alpha value is -2.20. The zero-order valence-electron chi connectivity index (χ0n) is 10.0. The first-order chi connectivity index (χ1) is 9.33. The summed E-state index contributed by atoms with van der Waals surface area (Å²) in [5.41, 5.74) is 2.10. The Morgan fingerprint density at radius 2 is 2.00 bits per heavy atom. The highest BCUT2D eigenvalue weighted by atomic mass is 32.1. The molecule has 2 N–H and O–H groups in total. The summed E-state index contributed by atoms with van der Waals surface area (Å²) in [5.74, 6) is 1.14. The van der Waals surface area contributed by atoms with Gasteiger partial charge in [0.1, 0.15) is 5.75 Å². The Morgan fingerprint density at radius 1 is 1.11 bits per heavy atom. The first-order valence-electron chi connectivity index (χ1n) is 6.07. The highest BCUT2D eigenvalue weighted by Gasteiger charge is 2.20. The zero-order valence-corrected chi connectivity index (χ0v) is 10.8. The molecule has 1 aliphatic rings. The lowest BCUT2D eigenvalue weighted by atomic mass is 10.1. The minimum atomic E-state index is 0.312. The number of aromatic hydroxyl groups is 1. The highest BCUT2D eigenvalue weighted by molar-refractivity contribution is 7.21. The van der Waals surface area contributed by atoms with Gasteiger partial charge in [0, 0.05) is 17.5 Å². The van der Waals surface area contributed by atoms with Gasteiger partial charge in [0.25, 0.3) is 0 Å². The molecule has 2 heterocycles. The molecule has 0 fully saturated rings. The Morgan fingerprint density at radius 3 is 2.95 bits per heavy atom. The Kier molecular flexibility index (Phi) is 2.19. The van der Waals surface area contributed by atoms with E-state index in [2.05, 4.69) is 5.32 Å². The van der Waals surface area contributed by atoms with Crippen LogP contribution >= 0.6 is 11.3 Å². The second-order valence-electron chi connectivity index (χ2n) is 4.47. The highest BCUT2D eigenvalue weighted by Crippen LogP contribution is 2.46. The lowest BCUT2D eigenvalue weighted by Crippen LogP contribution is -1.96. The fourth-order valence-electron chi connectivity index (χ4n) is 2.37. The van der Waals surface area contributed by atoms with Crippen LogP contribution in [0.15, 0.2) is 42.5 Å². The summed E-state index contributed by atoms with van der Waals surface area (Å²) in [6.45, 7) is 0.704. The minimum absolute atomic E-state index is 0.312. The van der Waals surface area contributed by atoms with E-state index in [1.54, 1.807) is 6.07 Å². The standard InChI is InChI=1S/C15H11NO2S/c17-12-6-3-4-9-10-8-16-11-5-1-2-7-13(11)18-15(10)19-14(9)12/h1-7,16-17H,8H2. The summed E-state index contributed by atoms with van der Waals surface area (Å²) in [4.78, 5) is 0. The molecule has 0 atom stereocenters. The van der Waals surface area contributed by atoms with E-state index in [0.717, 1.165) is 32.1 Å². The average Bonchev–Trinajstić information content (AvgIpc) is 2.67. The Bertz CT molecular complexity index is 779. The molecule has 4 rings (SSSR count). The fraction of sp³-hybridized carbons (Fsp3) is 0.0667. The van der Waals surface area contributed by atoms with Crippen LogP contribution in [0.4, 0.5) is 5.69 Å². The third kappa shape index (κ3) is 1.57. The van der Waals surface area contributed by atoms with Crippen LogP contribution in [0.2, 0.25) is 0 Å². The quantitative estimate of drug-likeness (QED) is 0.638. The second-order valence-corrected chi connectivity index (χ2v) is 5.46. The van der Waals surface area contributed by atoms with Crippen molar-refractivity contribution in [2.75, 3.05) is 5.32 Å². The molecule has 0 saturated carbocycles. The lowest BCUT2D eigenvalue weighted by Gasteiger charge is -2.06. The largest absolute Gasteiger partial charge is 0.506 e. The molecule has 0 unspecified atom stereocenters. The SMILES string of the molecule is Oc1cccc2c3c(sc12)Oc1ccccc1NC3. The van der Waals surface area contributed by atoms with Crippen LogP contribution in [0.5, 0.6) is 16.6 Å². The number of phenolic OH excluding ortho intramolecular Hbond substituents is 1. The van der Waals surface area contributed by atoms with Crippen molar-refractivity contribution in [1.29, 1.82) is 0 Å². The second kappa shape index (κ2) is 3.90. The number of para-hydroxylation sites is 2. The molecule has 0 saturated heterocycles. The monoisotopic (exact) mass is 269 g/mol. The maximum Gasteiger partial charge on any atom is 0.187 e. The predicted molar refractivity (Wildman–Crippen MR) is 77.3 cm³/mol. The molecule has 4 heteroatoms. The van der Waals surface area contributed by atoms with Crippen molar-refractivity contribution in [3.63, 3.8) is 0 Å². The van der Waals surface area contributed by atoms with E-state index in [-0.39, 0.29) is 0 Å². The van der Waals surface area contributed by atoms with Crippen LogP contribution in [0.3, 0.4) is 0 Å². The van der Waals surface area contributed by atoms with Crippen LogP contribution in [0.1, 0.15) is 5.56 Å². The van der Waals surface area contributed by atoms with Crippen LogP contribution in [-0.4, -0.2) is 5.11 Å². The molecule has 0 radical (unpaired) electrons. The van der Waals surface area contributed by atoms with E-state index in [4.69, 9.17) is 4.74 Å².